The first-order chi connectivity index (χ1) is 9.63. The third kappa shape index (κ3) is 22.4. The monoisotopic (exact) mass is 347 g/mol. The Bertz CT molecular complexity index is 217. The molecule has 21 heavy (non-hydrogen) atoms. The van der Waals surface area contributed by atoms with Gasteiger partial charge in [0.05, 0.1) is 0 Å². The quantitative estimate of drug-likeness (QED) is 0.283. The molecule has 0 spiro atoms. The fraction of sp³-hybridized carbons (Fsp3) is 0.944. The second-order valence-corrected chi connectivity index (χ2v) is 6.57. The summed E-state index contributed by atoms with van der Waals surface area (Å²) in [6, 6.07) is 0. The van der Waals surface area contributed by atoms with E-state index in [9.17, 15) is 4.79 Å². The minimum atomic E-state index is -0.654. The van der Waals surface area contributed by atoms with Gasteiger partial charge in [-0.15, -0.1) is 0 Å². The standard InChI is InChI=1S/C18H36O2.Cu/c1-17(2)15-13-11-9-7-5-3-4-6-8-10-12-14-16-18(19)20;/h17H,3-16H2,1-2H3,(H,19,20);. The normalized spacial score (nSPS) is 10.6. The van der Waals surface area contributed by atoms with Gasteiger partial charge in [0.1, 0.15) is 0 Å². The number of carboxylic acids is 1. The molecule has 0 rings (SSSR count). The summed E-state index contributed by atoms with van der Waals surface area (Å²) in [5.41, 5.74) is 0. The van der Waals surface area contributed by atoms with Crippen LogP contribution < -0.4 is 0 Å². The first kappa shape index (κ1) is 23.3. The molecule has 3 heteroatoms. The van der Waals surface area contributed by atoms with E-state index in [1.165, 1.54) is 70.6 Å². The van der Waals surface area contributed by atoms with Crippen molar-refractivity contribution in [2.45, 2.75) is 104 Å². The third-order valence-electron chi connectivity index (χ3n) is 3.92. The van der Waals surface area contributed by atoms with E-state index in [4.69, 9.17) is 5.11 Å². The molecule has 2 nitrogen and oxygen atoms in total. The molecule has 1 radical (unpaired) electrons. The zero-order valence-electron chi connectivity index (χ0n) is 14.1. The minimum absolute atomic E-state index is 0. The number of carboxylic acid groups (broad SMARTS) is 1. The van der Waals surface area contributed by atoms with Crippen molar-refractivity contribution < 1.29 is 27.0 Å². The van der Waals surface area contributed by atoms with Crippen LogP contribution >= 0.6 is 0 Å². The van der Waals surface area contributed by atoms with E-state index in [0.29, 0.717) is 6.42 Å². The maximum atomic E-state index is 10.3. The van der Waals surface area contributed by atoms with Gasteiger partial charge in [0, 0.05) is 23.5 Å². The second kappa shape index (κ2) is 18.0. The van der Waals surface area contributed by atoms with E-state index in [1.54, 1.807) is 0 Å². The van der Waals surface area contributed by atoms with Crippen molar-refractivity contribution in [1.29, 1.82) is 0 Å². The van der Waals surface area contributed by atoms with Crippen LogP contribution in [0.3, 0.4) is 0 Å². The van der Waals surface area contributed by atoms with Crippen LogP contribution in [-0.4, -0.2) is 11.1 Å². The number of rotatable bonds is 15. The molecule has 0 aromatic carbocycles. The van der Waals surface area contributed by atoms with Crippen LogP contribution in [0.25, 0.3) is 0 Å². The number of carbonyl (C=O) groups is 1. The van der Waals surface area contributed by atoms with Gasteiger partial charge in [0.25, 0.3) is 0 Å². The Kier molecular flexibility index (Phi) is 20.0. The minimum Gasteiger partial charge on any atom is -0.481 e. The average Bonchev–Trinajstić information content (AvgIpc) is 2.38. The molecule has 0 heterocycles. The summed E-state index contributed by atoms with van der Waals surface area (Å²) in [4.78, 5) is 10.3. The van der Waals surface area contributed by atoms with Crippen LogP contribution in [0.4, 0.5) is 0 Å². The number of hydrogen-bond donors (Lipinski definition) is 1. The van der Waals surface area contributed by atoms with Crippen LogP contribution in [-0.2, 0) is 21.9 Å². The second-order valence-electron chi connectivity index (χ2n) is 6.57. The van der Waals surface area contributed by atoms with Gasteiger partial charge in [-0.3, -0.25) is 4.79 Å². The molecular weight excluding hydrogens is 312 g/mol. The number of unbranched alkanes of at least 4 members (excludes halogenated alkanes) is 11. The Morgan fingerprint density at radius 3 is 1.38 bits per heavy atom. The van der Waals surface area contributed by atoms with Crippen molar-refractivity contribution in [3.05, 3.63) is 0 Å². The van der Waals surface area contributed by atoms with E-state index in [1.807, 2.05) is 0 Å². The van der Waals surface area contributed by atoms with Crippen molar-refractivity contribution >= 4 is 5.97 Å². The molecule has 1 N–H and O–H groups in total. The topological polar surface area (TPSA) is 37.3 Å². The average molecular weight is 348 g/mol. The van der Waals surface area contributed by atoms with Crippen molar-refractivity contribution in [2.24, 2.45) is 5.92 Å². The summed E-state index contributed by atoms with van der Waals surface area (Å²) in [6.45, 7) is 4.61. The SMILES string of the molecule is CC(C)CCCCCCCCCCCCCCC(=O)O.[Cu]. The molecular formula is C18H36CuO2. The summed E-state index contributed by atoms with van der Waals surface area (Å²) < 4.78 is 0. The van der Waals surface area contributed by atoms with Crippen LogP contribution in [0.15, 0.2) is 0 Å². The molecule has 0 aromatic rings. The van der Waals surface area contributed by atoms with E-state index >= 15 is 0 Å². The Morgan fingerprint density at radius 1 is 0.714 bits per heavy atom. The Hall–Kier alpha value is -0.0105. The Balaban J connectivity index is 0. The Morgan fingerprint density at radius 2 is 1.05 bits per heavy atom. The molecule has 0 saturated heterocycles. The maximum Gasteiger partial charge on any atom is 0.303 e. The predicted octanol–water partition coefficient (Wildman–Crippen LogP) is 6.19. The zero-order valence-corrected chi connectivity index (χ0v) is 15.1. The number of aliphatic carboxylic acids is 1. The first-order valence-corrected chi connectivity index (χ1v) is 8.84. The largest absolute Gasteiger partial charge is 0.481 e. The molecule has 0 aliphatic carbocycles. The summed E-state index contributed by atoms with van der Waals surface area (Å²) in [5, 5.41) is 8.52. The van der Waals surface area contributed by atoms with Crippen molar-refractivity contribution in [1.82, 2.24) is 0 Å². The zero-order chi connectivity index (χ0) is 15.1. The fourth-order valence-corrected chi connectivity index (χ4v) is 2.60. The van der Waals surface area contributed by atoms with Crippen LogP contribution in [0, 0.1) is 5.92 Å². The molecule has 0 bridgehead atoms. The van der Waals surface area contributed by atoms with Crippen LogP contribution in [0.2, 0.25) is 0 Å². The van der Waals surface area contributed by atoms with Gasteiger partial charge in [-0.1, -0.05) is 90.9 Å². The van der Waals surface area contributed by atoms with Crippen LogP contribution in [0.1, 0.15) is 104 Å². The third-order valence-corrected chi connectivity index (χ3v) is 3.92. The van der Waals surface area contributed by atoms with Crippen molar-refractivity contribution in [2.75, 3.05) is 0 Å². The van der Waals surface area contributed by atoms with E-state index in [0.717, 1.165) is 18.8 Å². The molecule has 0 aliphatic heterocycles. The Labute approximate surface area is 142 Å². The molecule has 0 saturated carbocycles. The van der Waals surface area contributed by atoms with Crippen molar-refractivity contribution in [3.8, 4) is 0 Å². The van der Waals surface area contributed by atoms with Gasteiger partial charge < -0.3 is 5.11 Å². The molecule has 0 amide bonds. The van der Waals surface area contributed by atoms with Gasteiger partial charge in [-0.05, 0) is 12.3 Å². The number of hydrogen-bond acceptors (Lipinski definition) is 1. The van der Waals surface area contributed by atoms with E-state index < -0.39 is 5.97 Å². The van der Waals surface area contributed by atoms with Gasteiger partial charge in [-0.2, -0.15) is 0 Å². The molecule has 0 atom stereocenters. The summed E-state index contributed by atoms with van der Waals surface area (Å²) in [7, 11) is 0. The van der Waals surface area contributed by atoms with Gasteiger partial charge in [-0.25, -0.2) is 0 Å². The van der Waals surface area contributed by atoms with Gasteiger partial charge in [0.2, 0.25) is 0 Å². The fourth-order valence-electron chi connectivity index (χ4n) is 2.60. The van der Waals surface area contributed by atoms with Crippen molar-refractivity contribution in [3.63, 3.8) is 0 Å². The van der Waals surface area contributed by atoms with Crippen LogP contribution in [0.5, 0.6) is 0 Å². The first-order valence-electron chi connectivity index (χ1n) is 8.84. The maximum absolute atomic E-state index is 10.3. The summed E-state index contributed by atoms with van der Waals surface area (Å²) in [6.07, 6.45) is 17.3. The van der Waals surface area contributed by atoms with E-state index in [-0.39, 0.29) is 17.1 Å². The molecule has 131 valence electrons. The molecule has 0 aliphatic rings. The van der Waals surface area contributed by atoms with Gasteiger partial charge in [0.15, 0.2) is 0 Å². The smallest absolute Gasteiger partial charge is 0.303 e. The predicted molar refractivity (Wildman–Crippen MR) is 87.1 cm³/mol. The van der Waals surface area contributed by atoms with Gasteiger partial charge >= 0.3 is 5.97 Å². The summed E-state index contributed by atoms with van der Waals surface area (Å²) in [5.74, 6) is 0.212. The molecule has 0 unspecified atom stereocenters. The summed E-state index contributed by atoms with van der Waals surface area (Å²) >= 11 is 0. The molecule has 0 aromatic heterocycles. The molecule has 0 fully saturated rings. The van der Waals surface area contributed by atoms with E-state index in [2.05, 4.69) is 13.8 Å².